The van der Waals surface area contributed by atoms with E-state index < -0.39 is 30.7 Å². The van der Waals surface area contributed by atoms with Crippen LogP contribution in [0.25, 0.3) is 0 Å². The average molecular weight is 352 g/mol. The Bertz CT molecular complexity index is 194. The third kappa shape index (κ3) is 3.40. The maximum Gasteiger partial charge on any atom is 0.186 e. The Morgan fingerprint density at radius 3 is 2.47 bits per heavy atom. The second-order valence-electron chi connectivity index (χ2n) is 3.10. The van der Waals surface area contributed by atoms with E-state index in [0.29, 0.717) is 0 Å². The maximum atomic E-state index is 9.57. The van der Waals surface area contributed by atoms with Gasteiger partial charge in [0.2, 0.25) is 0 Å². The molecule has 8 heteroatoms. The molecule has 0 aromatic rings. The minimum atomic E-state index is -1.29. The van der Waals surface area contributed by atoms with Crippen molar-refractivity contribution >= 4 is 30.4 Å². The van der Waals surface area contributed by atoms with Crippen LogP contribution in [0.2, 0.25) is 0 Å². The quantitative estimate of drug-likeness (QED) is 0.462. The molecule has 0 bridgehead atoms. The number of methoxy groups -OCH3 is 1. The zero-order valence-corrected chi connectivity index (χ0v) is 10.9. The number of hydrogen-bond donors (Lipinski definition) is 3. The molecule has 1 aliphatic rings. The van der Waals surface area contributed by atoms with Crippen molar-refractivity contribution in [2.45, 2.75) is 30.7 Å². The maximum absolute atomic E-state index is 9.57. The molecule has 15 heavy (non-hydrogen) atoms. The normalized spacial score (nSPS) is 41.8. The highest BCUT2D eigenvalue weighted by molar-refractivity contribution is 14.2. The third-order valence-electron chi connectivity index (χ3n) is 2.18. The molecule has 1 heterocycles. The fraction of sp³-hybridized carbons (Fsp3) is 1.00. The molecule has 5 atom stereocenters. The molecule has 0 saturated carbocycles. The molecule has 0 aliphatic carbocycles. The van der Waals surface area contributed by atoms with Gasteiger partial charge in [-0.3, -0.25) is 0 Å². The van der Waals surface area contributed by atoms with Crippen LogP contribution in [-0.2, 0) is 13.7 Å². The molecule has 0 spiro atoms. The van der Waals surface area contributed by atoms with E-state index in [-0.39, 0.29) is 6.61 Å². The Kier molecular flexibility index (Phi) is 6.07. The molecular formula is C7H13IO6S. The van der Waals surface area contributed by atoms with Gasteiger partial charge >= 0.3 is 0 Å². The number of ether oxygens (including phenoxy) is 2. The van der Waals surface area contributed by atoms with Gasteiger partial charge in [-0.1, -0.05) is 0 Å². The van der Waals surface area contributed by atoms with Crippen molar-refractivity contribution in [3.05, 3.63) is 0 Å². The SMILES string of the molecule is COC1OC(COSI)C(O)C(O)C1O. The Balaban J connectivity index is 2.57. The summed E-state index contributed by atoms with van der Waals surface area (Å²) in [6.45, 7) is 0.110. The van der Waals surface area contributed by atoms with Crippen molar-refractivity contribution in [2.24, 2.45) is 0 Å². The molecule has 1 rings (SSSR count). The van der Waals surface area contributed by atoms with Crippen LogP contribution in [0, 0.1) is 0 Å². The van der Waals surface area contributed by atoms with Crippen molar-refractivity contribution in [3.63, 3.8) is 0 Å². The van der Waals surface area contributed by atoms with Crippen LogP contribution in [-0.4, -0.2) is 59.7 Å². The lowest BCUT2D eigenvalue weighted by Crippen LogP contribution is -2.59. The van der Waals surface area contributed by atoms with E-state index in [1.807, 2.05) is 21.2 Å². The van der Waals surface area contributed by atoms with Gasteiger partial charge in [0.1, 0.15) is 24.4 Å². The lowest BCUT2D eigenvalue weighted by atomic mass is 9.99. The molecule has 0 radical (unpaired) electrons. The summed E-state index contributed by atoms with van der Waals surface area (Å²) in [7, 11) is 2.45. The molecule has 5 unspecified atom stereocenters. The summed E-state index contributed by atoms with van der Waals surface area (Å²) >= 11 is 1.93. The molecule has 3 N–H and O–H groups in total. The summed E-state index contributed by atoms with van der Waals surface area (Å²) in [5.41, 5.74) is 0. The van der Waals surface area contributed by atoms with E-state index >= 15 is 0 Å². The van der Waals surface area contributed by atoms with Crippen molar-refractivity contribution in [3.8, 4) is 0 Å². The van der Waals surface area contributed by atoms with Crippen LogP contribution >= 0.6 is 30.4 Å². The number of aliphatic hydroxyl groups excluding tert-OH is 3. The predicted octanol–water partition coefficient (Wildman–Crippen LogP) is -0.545. The number of hydrogen-bond acceptors (Lipinski definition) is 7. The van der Waals surface area contributed by atoms with Gasteiger partial charge in [0.15, 0.2) is 6.29 Å². The summed E-state index contributed by atoms with van der Waals surface area (Å²) < 4.78 is 15.0. The molecular weight excluding hydrogens is 339 g/mol. The smallest absolute Gasteiger partial charge is 0.186 e. The van der Waals surface area contributed by atoms with Crippen LogP contribution in [0.5, 0.6) is 0 Å². The summed E-state index contributed by atoms with van der Waals surface area (Å²) in [5, 5.41) is 28.5. The van der Waals surface area contributed by atoms with Crippen LogP contribution in [0.1, 0.15) is 0 Å². The van der Waals surface area contributed by atoms with Gasteiger partial charge in [0, 0.05) is 28.3 Å². The molecule has 6 nitrogen and oxygen atoms in total. The first-order valence-electron chi connectivity index (χ1n) is 4.24. The summed E-state index contributed by atoms with van der Waals surface area (Å²) in [5.74, 6) is 0. The first kappa shape index (κ1) is 13.9. The fourth-order valence-electron chi connectivity index (χ4n) is 1.34. The Morgan fingerprint density at radius 1 is 1.27 bits per heavy atom. The lowest BCUT2D eigenvalue weighted by Gasteiger charge is -2.39. The fourth-order valence-corrected chi connectivity index (χ4v) is 1.97. The molecule has 1 aliphatic heterocycles. The predicted molar refractivity (Wildman–Crippen MR) is 61.3 cm³/mol. The van der Waals surface area contributed by atoms with Gasteiger partial charge in [-0.05, 0) is 0 Å². The minimum Gasteiger partial charge on any atom is -0.387 e. The van der Waals surface area contributed by atoms with E-state index in [1.54, 1.807) is 0 Å². The van der Waals surface area contributed by atoms with E-state index in [1.165, 1.54) is 7.11 Å². The van der Waals surface area contributed by atoms with Gasteiger partial charge in [0.25, 0.3) is 0 Å². The zero-order chi connectivity index (χ0) is 11.4. The molecule has 1 fully saturated rings. The molecule has 0 aromatic carbocycles. The standard InChI is InChI=1S/C7H13IO6S/c1-12-7-6(11)5(10)4(9)3(14-7)2-13-15-8/h3-7,9-11H,2H2,1H3. The second kappa shape index (κ2) is 6.55. The van der Waals surface area contributed by atoms with Gasteiger partial charge in [-0.2, -0.15) is 0 Å². The Hall–Kier alpha value is 0.840. The Labute approximate surface area is 104 Å². The van der Waals surface area contributed by atoms with E-state index in [0.717, 1.165) is 9.21 Å². The monoisotopic (exact) mass is 352 g/mol. The van der Waals surface area contributed by atoms with Crippen molar-refractivity contribution < 1.29 is 29.0 Å². The molecule has 90 valence electrons. The van der Waals surface area contributed by atoms with E-state index in [2.05, 4.69) is 0 Å². The van der Waals surface area contributed by atoms with Gasteiger partial charge < -0.3 is 29.0 Å². The summed E-state index contributed by atoms with van der Waals surface area (Å²) in [6.07, 6.45) is -5.40. The first-order valence-corrected chi connectivity index (χ1v) is 7.53. The second-order valence-corrected chi connectivity index (χ2v) is 4.54. The highest BCUT2D eigenvalue weighted by Gasteiger charge is 2.43. The van der Waals surface area contributed by atoms with Crippen LogP contribution in [0.4, 0.5) is 0 Å². The third-order valence-corrected chi connectivity index (χ3v) is 3.17. The van der Waals surface area contributed by atoms with E-state index in [4.69, 9.17) is 13.7 Å². The number of aliphatic hydroxyl groups is 3. The average Bonchev–Trinajstić information content (AvgIpc) is 2.25. The summed E-state index contributed by atoms with van der Waals surface area (Å²) in [6, 6.07) is 0. The molecule has 1 saturated heterocycles. The molecule has 0 aromatic heterocycles. The minimum absolute atomic E-state index is 0.110. The van der Waals surface area contributed by atoms with Gasteiger partial charge in [-0.25, -0.2) is 0 Å². The zero-order valence-electron chi connectivity index (χ0n) is 7.95. The van der Waals surface area contributed by atoms with Gasteiger partial charge in [-0.15, -0.1) is 0 Å². The topological polar surface area (TPSA) is 88.4 Å². The van der Waals surface area contributed by atoms with Crippen molar-refractivity contribution in [1.29, 1.82) is 0 Å². The summed E-state index contributed by atoms with van der Waals surface area (Å²) in [4.78, 5) is 0. The largest absolute Gasteiger partial charge is 0.387 e. The van der Waals surface area contributed by atoms with Crippen LogP contribution in [0.15, 0.2) is 0 Å². The highest BCUT2D eigenvalue weighted by Crippen LogP contribution is 2.23. The number of rotatable bonds is 4. The first-order chi connectivity index (χ1) is 7.11. The van der Waals surface area contributed by atoms with Crippen molar-refractivity contribution in [2.75, 3.05) is 13.7 Å². The van der Waals surface area contributed by atoms with Gasteiger partial charge in [0.05, 0.1) is 15.8 Å². The van der Waals surface area contributed by atoms with Crippen LogP contribution < -0.4 is 0 Å². The lowest BCUT2D eigenvalue weighted by molar-refractivity contribution is -0.292. The van der Waals surface area contributed by atoms with E-state index in [9.17, 15) is 15.3 Å². The Morgan fingerprint density at radius 2 is 1.93 bits per heavy atom. The van der Waals surface area contributed by atoms with Crippen LogP contribution in [0.3, 0.4) is 0 Å². The number of halogens is 1. The highest BCUT2D eigenvalue weighted by atomic mass is 127. The molecule has 0 amide bonds. The van der Waals surface area contributed by atoms with Crippen molar-refractivity contribution in [1.82, 2.24) is 0 Å².